The average Bonchev–Trinajstić information content (AvgIpc) is 2.53. The zero-order valence-corrected chi connectivity index (χ0v) is 12.0. The van der Waals surface area contributed by atoms with Crippen LogP contribution in [0.2, 0.25) is 0 Å². The number of rotatable bonds is 3. The molecule has 104 valence electrons. The van der Waals surface area contributed by atoms with E-state index in [1.54, 1.807) is 6.07 Å². The van der Waals surface area contributed by atoms with E-state index in [9.17, 15) is 5.11 Å². The number of benzene rings is 3. The fourth-order valence-corrected chi connectivity index (χ4v) is 2.86. The van der Waals surface area contributed by atoms with Gasteiger partial charge in [0.15, 0.2) is 0 Å². The standard InChI is InChI=1S/C20H18O/c1-15-9-8-14-18(21)19(15)20(16-10-4-2-5-11-16)17-12-6-3-7-13-17/h2-14,20-21H,1H3. The Morgan fingerprint density at radius 3 is 1.67 bits per heavy atom. The van der Waals surface area contributed by atoms with Gasteiger partial charge in [0.05, 0.1) is 0 Å². The van der Waals surface area contributed by atoms with E-state index in [-0.39, 0.29) is 5.92 Å². The molecule has 3 aromatic rings. The lowest BCUT2D eigenvalue weighted by Crippen LogP contribution is -2.05. The molecule has 1 heteroatoms. The van der Waals surface area contributed by atoms with Crippen molar-refractivity contribution in [1.29, 1.82) is 0 Å². The van der Waals surface area contributed by atoms with Crippen LogP contribution >= 0.6 is 0 Å². The highest BCUT2D eigenvalue weighted by molar-refractivity contribution is 5.51. The predicted octanol–water partition coefficient (Wildman–Crippen LogP) is 4.88. The van der Waals surface area contributed by atoms with Crippen LogP contribution < -0.4 is 0 Å². The van der Waals surface area contributed by atoms with Crippen LogP contribution in [0.1, 0.15) is 28.2 Å². The van der Waals surface area contributed by atoms with Crippen LogP contribution in [0.3, 0.4) is 0 Å². The van der Waals surface area contributed by atoms with Crippen molar-refractivity contribution in [3.05, 3.63) is 101 Å². The van der Waals surface area contributed by atoms with Gasteiger partial charge in [-0.3, -0.25) is 0 Å². The van der Waals surface area contributed by atoms with Crippen LogP contribution in [0.4, 0.5) is 0 Å². The van der Waals surface area contributed by atoms with Gasteiger partial charge in [0.2, 0.25) is 0 Å². The topological polar surface area (TPSA) is 20.2 Å². The van der Waals surface area contributed by atoms with Gasteiger partial charge in [-0.2, -0.15) is 0 Å². The molecule has 0 aromatic heterocycles. The van der Waals surface area contributed by atoms with Crippen molar-refractivity contribution in [3.8, 4) is 5.75 Å². The zero-order valence-electron chi connectivity index (χ0n) is 12.0. The van der Waals surface area contributed by atoms with Gasteiger partial charge >= 0.3 is 0 Å². The van der Waals surface area contributed by atoms with E-state index in [1.165, 1.54) is 11.1 Å². The maximum Gasteiger partial charge on any atom is 0.119 e. The van der Waals surface area contributed by atoms with Crippen molar-refractivity contribution in [3.63, 3.8) is 0 Å². The van der Waals surface area contributed by atoms with E-state index in [4.69, 9.17) is 0 Å². The largest absolute Gasteiger partial charge is 0.508 e. The molecule has 0 amide bonds. The molecule has 0 fully saturated rings. The highest BCUT2D eigenvalue weighted by atomic mass is 16.3. The fraction of sp³-hybridized carbons (Fsp3) is 0.100. The quantitative estimate of drug-likeness (QED) is 0.675. The molecule has 1 nitrogen and oxygen atoms in total. The van der Waals surface area contributed by atoms with E-state index >= 15 is 0 Å². The van der Waals surface area contributed by atoms with E-state index in [0.717, 1.165) is 11.1 Å². The molecule has 0 spiro atoms. The molecule has 0 heterocycles. The molecule has 1 N–H and O–H groups in total. The van der Waals surface area contributed by atoms with Gasteiger partial charge in [-0.05, 0) is 29.7 Å². The minimum atomic E-state index is 0.0496. The predicted molar refractivity (Wildman–Crippen MR) is 86.7 cm³/mol. The normalized spacial score (nSPS) is 10.8. The summed E-state index contributed by atoms with van der Waals surface area (Å²) < 4.78 is 0. The Balaban J connectivity index is 2.23. The van der Waals surface area contributed by atoms with Crippen molar-refractivity contribution >= 4 is 0 Å². The molecule has 21 heavy (non-hydrogen) atoms. The summed E-state index contributed by atoms with van der Waals surface area (Å²) >= 11 is 0. The molecule has 0 aliphatic heterocycles. The number of phenolic OH excluding ortho intramolecular Hbond substituents is 1. The SMILES string of the molecule is Cc1cccc(O)c1C(c1ccccc1)c1ccccc1. The van der Waals surface area contributed by atoms with Crippen LogP contribution in [0, 0.1) is 6.92 Å². The second-order valence-corrected chi connectivity index (χ2v) is 5.26. The third-order valence-electron chi connectivity index (χ3n) is 3.86. The molecule has 0 saturated heterocycles. The van der Waals surface area contributed by atoms with Gasteiger partial charge in [0, 0.05) is 11.5 Å². The number of hydrogen-bond acceptors (Lipinski definition) is 1. The van der Waals surface area contributed by atoms with Crippen molar-refractivity contribution < 1.29 is 5.11 Å². The molecule has 0 atom stereocenters. The van der Waals surface area contributed by atoms with Gasteiger partial charge in [-0.15, -0.1) is 0 Å². The van der Waals surface area contributed by atoms with Gasteiger partial charge in [-0.25, -0.2) is 0 Å². The first kappa shape index (κ1) is 13.4. The first-order valence-corrected chi connectivity index (χ1v) is 7.16. The molecule has 0 aliphatic carbocycles. The molecule has 3 aromatic carbocycles. The highest BCUT2D eigenvalue weighted by Crippen LogP contribution is 2.38. The van der Waals surface area contributed by atoms with E-state index in [1.807, 2.05) is 55.5 Å². The summed E-state index contributed by atoms with van der Waals surface area (Å²) in [7, 11) is 0. The summed E-state index contributed by atoms with van der Waals surface area (Å²) in [5, 5.41) is 10.4. The highest BCUT2D eigenvalue weighted by Gasteiger charge is 2.21. The molecule has 3 rings (SSSR count). The lowest BCUT2D eigenvalue weighted by atomic mass is 9.82. The first-order chi connectivity index (χ1) is 10.3. The Morgan fingerprint density at radius 1 is 0.667 bits per heavy atom. The third kappa shape index (κ3) is 2.68. The molecular weight excluding hydrogens is 256 g/mol. The van der Waals surface area contributed by atoms with Crippen molar-refractivity contribution in [2.24, 2.45) is 0 Å². The minimum Gasteiger partial charge on any atom is -0.508 e. The van der Waals surface area contributed by atoms with Crippen molar-refractivity contribution in [2.45, 2.75) is 12.8 Å². The van der Waals surface area contributed by atoms with E-state index < -0.39 is 0 Å². The molecule has 0 saturated carbocycles. The molecule has 0 radical (unpaired) electrons. The lowest BCUT2D eigenvalue weighted by molar-refractivity contribution is 0.466. The van der Waals surface area contributed by atoms with E-state index in [0.29, 0.717) is 5.75 Å². The summed E-state index contributed by atoms with van der Waals surface area (Å²) in [6.45, 7) is 2.05. The second-order valence-electron chi connectivity index (χ2n) is 5.26. The Labute approximate surface area is 125 Å². The van der Waals surface area contributed by atoms with E-state index in [2.05, 4.69) is 24.3 Å². The Hall–Kier alpha value is -2.54. The number of phenols is 1. The summed E-state index contributed by atoms with van der Waals surface area (Å²) in [5.74, 6) is 0.404. The maximum atomic E-state index is 10.4. The van der Waals surface area contributed by atoms with Crippen LogP contribution in [-0.2, 0) is 0 Å². The lowest BCUT2D eigenvalue weighted by Gasteiger charge is -2.21. The maximum absolute atomic E-state index is 10.4. The third-order valence-corrected chi connectivity index (χ3v) is 3.86. The van der Waals surface area contributed by atoms with Crippen LogP contribution in [0.5, 0.6) is 5.75 Å². The smallest absolute Gasteiger partial charge is 0.119 e. The summed E-state index contributed by atoms with van der Waals surface area (Å²) in [4.78, 5) is 0. The van der Waals surface area contributed by atoms with Crippen molar-refractivity contribution in [2.75, 3.05) is 0 Å². The summed E-state index contributed by atoms with van der Waals surface area (Å²) in [5.41, 5.74) is 4.46. The zero-order chi connectivity index (χ0) is 14.7. The number of hydrogen-bond donors (Lipinski definition) is 1. The monoisotopic (exact) mass is 274 g/mol. The summed E-state index contributed by atoms with van der Waals surface area (Å²) in [6, 6.07) is 26.4. The average molecular weight is 274 g/mol. The Kier molecular flexibility index (Phi) is 3.74. The Morgan fingerprint density at radius 2 is 1.19 bits per heavy atom. The molecular formula is C20H18O. The Bertz CT molecular complexity index is 658. The molecule has 0 bridgehead atoms. The van der Waals surface area contributed by atoms with Gasteiger partial charge in [0.25, 0.3) is 0 Å². The number of aromatic hydroxyl groups is 1. The second kappa shape index (κ2) is 5.84. The summed E-state index contributed by atoms with van der Waals surface area (Å²) in [6.07, 6.45) is 0. The minimum absolute atomic E-state index is 0.0496. The van der Waals surface area contributed by atoms with Crippen molar-refractivity contribution in [1.82, 2.24) is 0 Å². The van der Waals surface area contributed by atoms with Crippen LogP contribution in [-0.4, -0.2) is 5.11 Å². The van der Waals surface area contributed by atoms with Crippen LogP contribution in [0.25, 0.3) is 0 Å². The number of aryl methyl sites for hydroxylation is 1. The molecule has 0 unspecified atom stereocenters. The molecule has 0 aliphatic rings. The van der Waals surface area contributed by atoms with Crippen LogP contribution in [0.15, 0.2) is 78.9 Å². The first-order valence-electron chi connectivity index (χ1n) is 7.16. The van der Waals surface area contributed by atoms with Gasteiger partial charge in [-0.1, -0.05) is 72.8 Å². The van der Waals surface area contributed by atoms with Gasteiger partial charge in [0.1, 0.15) is 5.75 Å². The fourth-order valence-electron chi connectivity index (χ4n) is 2.86. The van der Waals surface area contributed by atoms with Gasteiger partial charge < -0.3 is 5.11 Å².